The summed E-state index contributed by atoms with van der Waals surface area (Å²) in [4.78, 5) is 44.1. The second-order valence-corrected chi connectivity index (χ2v) is 4.80. The maximum Gasteiger partial charge on any atom is 0.310 e. The Morgan fingerprint density at radius 1 is 1.29 bits per heavy atom. The number of aromatic amines is 1. The summed E-state index contributed by atoms with van der Waals surface area (Å²) in [7, 11) is 1.17. The van der Waals surface area contributed by atoms with Crippen LogP contribution >= 0.6 is 0 Å². The number of aromatic nitrogens is 2. The normalized spacial score (nSPS) is 10.4. The highest BCUT2D eigenvalue weighted by atomic mass is 16.6. The van der Waals surface area contributed by atoms with Gasteiger partial charge in [-0.05, 0) is 13.0 Å². The van der Waals surface area contributed by atoms with Gasteiger partial charge in [-0.3, -0.25) is 34.9 Å². The second kappa shape index (κ2) is 6.32. The zero-order chi connectivity index (χ0) is 18.0. The van der Waals surface area contributed by atoms with Crippen LogP contribution in [0.2, 0.25) is 0 Å². The van der Waals surface area contributed by atoms with Crippen molar-refractivity contribution in [3.8, 4) is 5.69 Å². The third-order valence-corrected chi connectivity index (χ3v) is 3.35. The summed E-state index contributed by atoms with van der Waals surface area (Å²) in [6, 6.07) is 2.90. The Hall–Kier alpha value is -3.50. The molecule has 0 saturated heterocycles. The minimum atomic E-state index is -0.828. The van der Waals surface area contributed by atoms with E-state index in [4.69, 9.17) is 0 Å². The van der Waals surface area contributed by atoms with Gasteiger partial charge in [0.1, 0.15) is 5.69 Å². The number of methoxy groups -OCH3 is 1. The summed E-state index contributed by atoms with van der Waals surface area (Å²) in [6.07, 6.45) is -0.300. The molecule has 0 spiro atoms. The zero-order valence-corrected chi connectivity index (χ0v) is 12.6. The summed E-state index contributed by atoms with van der Waals surface area (Å²) in [5.41, 5.74) is -1.51. The number of non-ortho nitro benzene ring substituents is 1. The summed E-state index contributed by atoms with van der Waals surface area (Å²) in [5.74, 6) is -0.639. The Morgan fingerprint density at radius 3 is 2.50 bits per heavy atom. The highest BCUT2D eigenvalue weighted by Gasteiger charge is 2.24. The lowest BCUT2D eigenvalue weighted by Crippen LogP contribution is -2.20. The highest BCUT2D eigenvalue weighted by Crippen LogP contribution is 2.27. The third kappa shape index (κ3) is 2.99. The minimum Gasteiger partial charge on any atom is -0.469 e. The van der Waals surface area contributed by atoms with Crippen molar-refractivity contribution >= 4 is 17.3 Å². The smallest absolute Gasteiger partial charge is 0.310 e. The number of ether oxygens (including phenoxy) is 1. The number of aryl methyl sites for hydroxylation is 1. The lowest BCUT2D eigenvalue weighted by Gasteiger charge is -2.03. The molecule has 0 aliphatic heterocycles. The van der Waals surface area contributed by atoms with Crippen molar-refractivity contribution in [1.82, 2.24) is 9.78 Å². The molecule has 1 heterocycles. The van der Waals surface area contributed by atoms with Crippen LogP contribution in [-0.4, -0.2) is 32.7 Å². The molecule has 0 aliphatic carbocycles. The van der Waals surface area contributed by atoms with Crippen molar-refractivity contribution < 1.29 is 19.4 Å². The number of benzene rings is 1. The van der Waals surface area contributed by atoms with Gasteiger partial charge in [-0.2, -0.15) is 0 Å². The summed E-state index contributed by atoms with van der Waals surface area (Å²) >= 11 is 0. The van der Waals surface area contributed by atoms with Gasteiger partial charge in [-0.1, -0.05) is 0 Å². The number of nitro groups is 2. The molecule has 1 N–H and O–H groups in total. The molecular weight excluding hydrogens is 324 g/mol. The first-order valence-corrected chi connectivity index (χ1v) is 6.56. The predicted molar refractivity (Wildman–Crippen MR) is 80.2 cm³/mol. The number of hydrogen-bond donors (Lipinski definition) is 1. The standard InChI is InChI=1S/C13H12N4O7/c1-7-9(6-12(18)24-2)13(19)15(14-7)10-4-3-8(16(20)21)5-11(10)17(22)23/h3-5,14H,6H2,1-2H3. The van der Waals surface area contributed by atoms with Gasteiger partial charge in [0.05, 0.1) is 35.0 Å². The molecule has 0 radical (unpaired) electrons. The Kier molecular flexibility index (Phi) is 4.44. The van der Waals surface area contributed by atoms with Crippen LogP contribution in [0.5, 0.6) is 0 Å². The van der Waals surface area contributed by atoms with E-state index in [0.717, 1.165) is 22.9 Å². The number of nitrogens with one attached hydrogen (secondary N) is 1. The van der Waals surface area contributed by atoms with Crippen LogP contribution in [0.3, 0.4) is 0 Å². The average molecular weight is 336 g/mol. The van der Waals surface area contributed by atoms with Crippen LogP contribution in [0.15, 0.2) is 23.0 Å². The molecule has 0 bridgehead atoms. The maximum absolute atomic E-state index is 12.4. The molecule has 0 atom stereocenters. The third-order valence-electron chi connectivity index (χ3n) is 3.35. The molecule has 2 aromatic rings. The fraction of sp³-hybridized carbons (Fsp3) is 0.231. The largest absolute Gasteiger partial charge is 0.469 e. The van der Waals surface area contributed by atoms with Crippen LogP contribution in [0.25, 0.3) is 5.69 Å². The monoisotopic (exact) mass is 336 g/mol. The Labute approximate surface area is 133 Å². The van der Waals surface area contributed by atoms with E-state index in [2.05, 4.69) is 9.84 Å². The Morgan fingerprint density at radius 2 is 1.96 bits per heavy atom. The van der Waals surface area contributed by atoms with E-state index in [1.165, 1.54) is 14.0 Å². The fourth-order valence-electron chi connectivity index (χ4n) is 2.14. The first kappa shape index (κ1) is 16.9. The number of nitro benzene ring substituents is 2. The van der Waals surface area contributed by atoms with Gasteiger partial charge < -0.3 is 4.74 Å². The molecule has 2 rings (SSSR count). The SMILES string of the molecule is COC(=O)Cc1c(C)[nH]n(-c2ccc([N+](=O)[O-])cc2[N+](=O)[O-])c1=O. The van der Waals surface area contributed by atoms with Crippen LogP contribution in [0.4, 0.5) is 11.4 Å². The topological polar surface area (TPSA) is 150 Å². The molecule has 0 saturated carbocycles. The molecular formula is C13H12N4O7. The fourth-order valence-corrected chi connectivity index (χ4v) is 2.14. The first-order valence-electron chi connectivity index (χ1n) is 6.56. The van der Waals surface area contributed by atoms with Crippen molar-refractivity contribution in [1.29, 1.82) is 0 Å². The van der Waals surface area contributed by atoms with Gasteiger partial charge >= 0.3 is 11.7 Å². The van der Waals surface area contributed by atoms with Crippen LogP contribution in [0, 0.1) is 27.2 Å². The first-order chi connectivity index (χ1) is 11.3. The molecule has 126 valence electrons. The predicted octanol–water partition coefficient (Wildman–Crippen LogP) is 1.01. The lowest BCUT2D eigenvalue weighted by atomic mass is 10.2. The summed E-state index contributed by atoms with van der Waals surface area (Å²) < 4.78 is 5.37. The van der Waals surface area contributed by atoms with Crippen molar-refractivity contribution in [2.75, 3.05) is 7.11 Å². The lowest BCUT2D eigenvalue weighted by molar-refractivity contribution is -0.394. The van der Waals surface area contributed by atoms with Crippen molar-refractivity contribution in [3.63, 3.8) is 0 Å². The molecule has 0 amide bonds. The van der Waals surface area contributed by atoms with Crippen molar-refractivity contribution in [3.05, 3.63) is 60.0 Å². The van der Waals surface area contributed by atoms with Gasteiger partial charge in [0.2, 0.25) is 0 Å². The van der Waals surface area contributed by atoms with Crippen molar-refractivity contribution in [2.45, 2.75) is 13.3 Å². The second-order valence-electron chi connectivity index (χ2n) is 4.80. The van der Waals surface area contributed by atoms with Crippen molar-refractivity contribution in [2.24, 2.45) is 0 Å². The number of esters is 1. The zero-order valence-electron chi connectivity index (χ0n) is 12.6. The molecule has 0 unspecified atom stereocenters. The molecule has 11 nitrogen and oxygen atoms in total. The molecule has 1 aromatic carbocycles. The number of H-pyrrole nitrogens is 1. The highest BCUT2D eigenvalue weighted by molar-refractivity contribution is 5.72. The molecule has 0 fully saturated rings. The number of nitrogens with zero attached hydrogens (tertiary/aromatic N) is 3. The Bertz CT molecular complexity index is 896. The van der Waals surface area contributed by atoms with Crippen LogP contribution in [0.1, 0.15) is 11.3 Å². The number of rotatable bonds is 5. The van der Waals surface area contributed by atoms with E-state index in [0.29, 0.717) is 5.69 Å². The summed E-state index contributed by atoms with van der Waals surface area (Å²) in [6.45, 7) is 1.52. The van der Waals surface area contributed by atoms with E-state index in [9.17, 15) is 29.8 Å². The quantitative estimate of drug-likeness (QED) is 0.486. The molecule has 11 heteroatoms. The van der Waals surface area contributed by atoms with Gasteiger partial charge in [0.25, 0.3) is 11.2 Å². The number of hydrogen-bond acceptors (Lipinski definition) is 7. The number of carbonyl (C=O) groups is 1. The van der Waals surface area contributed by atoms with Crippen LogP contribution in [-0.2, 0) is 16.0 Å². The molecule has 1 aromatic heterocycles. The van der Waals surface area contributed by atoms with E-state index in [-0.39, 0.29) is 17.7 Å². The molecule has 24 heavy (non-hydrogen) atoms. The van der Waals surface area contributed by atoms with E-state index in [1.54, 1.807) is 0 Å². The van der Waals surface area contributed by atoms with E-state index < -0.39 is 32.7 Å². The van der Waals surface area contributed by atoms with E-state index >= 15 is 0 Å². The van der Waals surface area contributed by atoms with Gasteiger partial charge in [-0.15, -0.1) is 0 Å². The average Bonchev–Trinajstić information content (AvgIpc) is 2.81. The van der Waals surface area contributed by atoms with Gasteiger partial charge in [0, 0.05) is 11.8 Å². The summed E-state index contributed by atoms with van der Waals surface area (Å²) in [5, 5.41) is 24.6. The van der Waals surface area contributed by atoms with Crippen LogP contribution < -0.4 is 5.56 Å². The minimum absolute atomic E-state index is 0.0921. The Balaban J connectivity index is 2.63. The maximum atomic E-state index is 12.4. The van der Waals surface area contributed by atoms with Gasteiger partial charge in [0.15, 0.2) is 0 Å². The van der Waals surface area contributed by atoms with E-state index in [1.807, 2.05) is 0 Å². The molecule has 0 aliphatic rings. The number of carbonyl (C=O) groups excluding carboxylic acids is 1. The van der Waals surface area contributed by atoms with Gasteiger partial charge in [-0.25, -0.2) is 4.68 Å².